The van der Waals surface area contributed by atoms with Crippen molar-refractivity contribution in [3.8, 4) is 0 Å². The number of guanidine groups is 1. The van der Waals surface area contributed by atoms with Crippen LogP contribution in [0.1, 0.15) is 77.0 Å². The molecule has 33 heavy (non-hydrogen) atoms. The topological polar surface area (TPSA) is 114 Å². The number of hydrogen-bond donors (Lipinski definition) is 2. The van der Waals surface area contributed by atoms with Crippen LogP contribution >= 0.6 is 0 Å². The second kappa shape index (κ2) is 10.3. The van der Waals surface area contributed by atoms with Gasteiger partial charge < -0.3 is 21.3 Å². The van der Waals surface area contributed by atoms with Gasteiger partial charge in [0.2, 0.25) is 5.91 Å². The van der Waals surface area contributed by atoms with E-state index < -0.39 is 5.54 Å². The van der Waals surface area contributed by atoms with Crippen molar-refractivity contribution in [2.45, 2.75) is 88.6 Å². The van der Waals surface area contributed by atoms with Crippen LogP contribution in [0.4, 0.5) is 0 Å². The van der Waals surface area contributed by atoms with E-state index in [4.69, 9.17) is 10.7 Å². The highest BCUT2D eigenvalue weighted by Gasteiger charge is 2.48. The average molecular weight is 457 g/mol. The number of carbonyl (C=O) groups is 2. The summed E-state index contributed by atoms with van der Waals surface area (Å²) in [5.41, 5.74) is 5.83. The van der Waals surface area contributed by atoms with Gasteiger partial charge in [0, 0.05) is 25.2 Å². The van der Waals surface area contributed by atoms with Gasteiger partial charge in [0.25, 0.3) is 5.91 Å². The summed E-state index contributed by atoms with van der Waals surface area (Å²) in [6.45, 7) is 0.0809. The Morgan fingerprint density at radius 2 is 1.97 bits per heavy atom. The van der Waals surface area contributed by atoms with Crippen molar-refractivity contribution in [2.75, 3.05) is 13.6 Å². The average Bonchev–Trinajstić information content (AvgIpc) is 3.02. The summed E-state index contributed by atoms with van der Waals surface area (Å²) < 4.78 is 0. The molecule has 0 radical (unpaired) electrons. The molecule has 2 aliphatic carbocycles. The van der Waals surface area contributed by atoms with Gasteiger partial charge in [-0.1, -0.05) is 51.0 Å². The van der Waals surface area contributed by atoms with Gasteiger partial charge in [-0.25, -0.2) is 4.99 Å². The van der Waals surface area contributed by atoms with Crippen LogP contribution in [-0.4, -0.2) is 52.9 Å². The molecule has 4 aliphatic rings. The molecule has 0 bridgehead atoms. The molecule has 0 aromatic heterocycles. The van der Waals surface area contributed by atoms with E-state index in [1.54, 1.807) is 19.2 Å². The van der Waals surface area contributed by atoms with Crippen molar-refractivity contribution >= 4 is 17.8 Å². The zero-order valence-corrected chi connectivity index (χ0v) is 19.8. The number of likely N-dealkylation sites (N-methyl/N-ethyl adjacent to an activating group) is 1. The predicted molar refractivity (Wildman–Crippen MR) is 129 cm³/mol. The molecule has 2 saturated carbocycles. The number of allylic oxidation sites excluding steroid dienone is 2. The highest BCUT2D eigenvalue weighted by atomic mass is 16.5. The lowest BCUT2D eigenvalue weighted by atomic mass is 9.74. The molecule has 2 amide bonds. The first-order valence-corrected chi connectivity index (χ1v) is 12.6. The van der Waals surface area contributed by atoms with Gasteiger partial charge in [-0.15, -0.1) is 0 Å². The van der Waals surface area contributed by atoms with Gasteiger partial charge in [0.1, 0.15) is 5.54 Å². The summed E-state index contributed by atoms with van der Waals surface area (Å²) in [4.78, 5) is 32.2. The van der Waals surface area contributed by atoms with E-state index in [1.165, 1.54) is 43.2 Å². The molecule has 0 saturated heterocycles. The molecule has 0 aromatic carbocycles. The molecular formula is C25H38N5O3-. The summed E-state index contributed by atoms with van der Waals surface area (Å²) in [5.74, 6) is 1.17. The summed E-state index contributed by atoms with van der Waals surface area (Å²) >= 11 is 0. The Balaban J connectivity index is 1.39. The molecule has 3 atom stereocenters. The van der Waals surface area contributed by atoms with Crippen LogP contribution in [0.2, 0.25) is 0 Å². The summed E-state index contributed by atoms with van der Waals surface area (Å²) in [5, 5.41) is 15.5. The van der Waals surface area contributed by atoms with Crippen LogP contribution in [0.25, 0.3) is 0 Å². The highest BCUT2D eigenvalue weighted by Crippen LogP contribution is 2.40. The lowest BCUT2D eigenvalue weighted by molar-refractivity contribution is -0.131. The lowest BCUT2D eigenvalue weighted by Gasteiger charge is -2.36. The van der Waals surface area contributed by atoms with Crippen molar-refractivity contribution in [3.63, 3.8) is 0 Å². The van der Waals surface area contributed by atoms with Crippen LogP contribution < -0.4 is 11.1 Å². The van der Waals surface area contributed by atoms with Crippen LogP contribution in [0, 0.1) is 17.0 Å². The van der Waals surface area contributed by atoms with Gasteiger partial charge in [-0.2, -0.15) is 0 Å². The van der Waals surface area contributed by atoms with Crippen molar-refractivity contribution < 1.29 is 9.59 Å². The van der Waals surface area contributed by atoms with E-state index in [0.717, 1.165) is 43.6 Å². The lowest BCUT2D eigenvalue weighted by Crippen LogP contribution is -2.45. The van der Waals surface area contributed by atoms with Gasteiger partial charge in [0.15, 0.2) is 5.96 Å². The molecule has 2 fully saturated rings. The fraction of sp³-hybridized carbons (Fsp3) is 0.720. The molecule has 0 spiro atoms. The Morgan fingerprint density at radius 3 is 2.67 bits per heavy atom. The highest BCUT2D eigenvalue weighted by molar-refractivity contribution is 6.06. The maximum absolute atomic E-state index is 13.3. The van der Waals surface area contributed by atoms with Crippen molar-refractivity contribution in [1.82, 2.24) is 15.3 Å². The quantitative estimate of drug-likeness (QED) is 0.611. The minimum absolute atomic E-state index is 0.0247. The maximum Gasteiger partial charge on any atom is 0.257 e. The minimum Gasteiger partial charge on any atom is -0.758 e. The molecule has 2 aliphatic heterocycles. The molecule has 3 N–H and O–H groups in total. The van der Waals surface area contributed by atoms with Gasteiger partial charge in [0.05, 0.1) is 0 Å². The molecule has 8 heteroatoms. The molecule has 4 rings (SSSR count). The fourth-order valence-electron chi connectivity index (χ4n) is 6.11. The third-order valence-electron chi connectivity index (χ3n) is 7.98. The number of amides is 2. The van der Waals surface area contributed by atoms with Gasteiger partial charge in [-0.05, 0) is 56.2 Å². The number of nitrogens with zero attached hydrogens (tertiary/aromatic N) is 3. The van der Waals surface area contributed by atoms with E-state index in [-0.39, 0.29) is 24.4 Å². The Hall–Kier alpha value is -2.35. The second-order valence-corrected chi connectivity index (χ2v) is 10.4. The SMILES string of the molecule is CN1C(=O)[C@@](CCC2CCCCC2)(C[C@H]2CCC[C@@H](NC(=O)C3=CC=CN([O-])C3)C2)N=C1N. The van der Waals surface area contributed by atoms with Crippen molar-refractivity contribution in [2.24, 2.45) is 22.6 Å². The van der Waals surface area contributed by atoms with Crippen LogP contribution in [0.3, 0.4) is 0 Å². The summed E-state index contributed by atoms with van der Waals surface area (Å²) in [6, 6.07) is 0.0501. The Labute approximate surface area is 196 Å². The number of hydroxylamine groups is 2. The van der Waals surface area contributed by atoms with Crippen molar-refractivity contribution in [3.05, 3.63) is 29.1 Å². The number of rotatable bonds is 7. The van der Waals surface area contributed by atoms with Crippen LogP contribution in [0.15, 0.2) is 28.9 Å². The predicted octanol–water partition coefficient (Wildman–Crippen LogP) is 3.19. The number of nitrogens with one attached hydrogen (secondary N) is 1. The molecule has 2 heterocycles. The van der Waals surface area contributed by atoms with Crippen LogP contribution in [0.5, 0.6) is 0 Å². The fourth-order valence-corrected chi connectivity index (χ4v) is 6.11. The van der Waals surface area contributed by atoms with Crippen LogP contribution in [-0.2, 0) is 9.59 Å². The third kappa shape index (κ3) is 5.60. The zero-order valence-electron chi connectivity index (χ0n) is 19.8. The Bertz CT molecular complexity index is 832. The normalized spacial score (nSPS) is 30.9. The monoisotopic (exact) mass is 456 g/mol. The van der Waals surface area contributed by atoms with E-state index in [1.807, 2.05) is 0 Å². The number of hydrogen-bond acceptors (Lipinski definition) is 6. The van der Waals surface area contributed by atoms with Gasteiger partial charge >= 0.3 is 0 Å². The van der Waals surface area contributed by atoms with E-state index in [9.17, 15) is 14.8 Å². The molecule has 0 aromatic rings. The zero-order chi connectivity index (χ0) is 23.4. The van der Waals surface area contributed by atoms with Gasteiger partial charge in [-0.3, -0.25) is 14.5 Å². The first-order chi connectivity index (χ1) is 15.9. The smallest absolute Gasteiger partial charge is 0.257 e. The first-order valence-electron chi connectivity index (χ1n) is 12.6. The molecule has 0 unspecified atom stereocenters. The van der Waals surface area contributed by atoms with E-state index >= 15 is 0 Å². The molecular weight excluding hydrogens is 418 g/mol. The standard InChI is InChI=1S/C25H38N5O3/c1-29-23(32)25(28-24(29)26,13-12-18-7-3-2-4-8-18)16-19-9-5-11-21(15-19)27-22(31)20-10-6-14-30(33)17-20/h6,10,14,18-19,21H,2-5,7-9,11-13,15-17H2,1H3,(H2,26,28)(H,27,31)/q-1/t19-,21+,25+/m0/s1. The minimum atomic E-state index is -0.757. The Morgan fingerprint density at radius 1 is 1.21 bits per heavy atom. The number of carbonyl (C=O) groups excluding carboxylic acids is 2. The molecule has 8 nitrogen and oxygen atoms in total. The van der Waals surface area contributed by atoms with Crippen molar-refractivity contribution in [1.29, 1.82) is 0 Å². The second-order valence-electron chi connectivity index (χ2n) is 10.4. The number of aliphatic imine (C=N–C) groups is 1. The van der Waals surface area contributed by atoms with E-state index in [0.29, 0.717) is 29.8 Å². The molecule has 182 valence electrons. The third-order valence-corrected chi connectivity index (χ3v) is 7.98. The summed E-state index contributed by atoms with van der Waals surface area (Å²) in [7, 11) is 1.72. The van der Waals surface area contributed by atoms with E-state index in [2.05, 4.69) is 5.32 Å². The summed E-state index contributed by atoms with van der Waals surface area (Å²) in [6.07, 6.45) is 17.4. The maximum atomic E-state index is 13.3. The largest absolute Gasteiger partial charge is 0.758 e. The number of nitrogens with two attached hydrogens (primary N) is 1. The Kier molecular flexibility index (Phi) is 7.41. The first kappa shape index (κ1) is 23.8.